The van der Waals surface area contributed by atoms with E-state index in [0.717, 1.165) is 28.3 Å². The molecule has 1 aromatic carbocycles. The number of carbonyl (C=O) groups is 1. The fourth-order valence-electron chi connectivity index (χ4n) is 2.80. The number of nitrogens with zero attached hydrogens (tertiary/aromatic N) is 3. The van der Waals surface area contributed by atoms with Gasteiger partial charge in [-0.25, -0.2) is 4.79 Å². The zero-order valence-electron chi connectivity index (χ0n) is 16.8. The monoisotopic (exact) mass is 429 g/mol. The molecule has 0 spiro atoms. The van der Waals surface area contributed by atoms with Crippen LogP contribution in [0.1, 0.15) is 36.1 Å². The molecule has 3 aromatic rings. The molecular formula is C20H23N5O4S. The van der Waals surface area contributed by atoms with Crippen LogP contribution in [-0.4, -0.2) is 38.0 Å². The maximum Gasteiger partial charge on any atom is 0.328 e. The Morgan fingerprint density at radius 1 is 1.23 bits per heavy atom. The lowest BCUT2D eigenvalue weighted by molar-refractivity contribution is -0.118. The number of thioether (sulfide) groups is 1. The molecule has 0 aliphatic carbocycles. The molecule has 1 amide bonds. The summed E-state index contributed by atoms with van der Waals surface area (Å²) in [7, 11) is 0. The highest BCUT2D eigenvalue weighted by Crippen LogP contribution is 2.17. The molecule has 0 saturated carbocycles. The highest BCUT2D eigenvalue weighted by Gasteiger charge is 2.16. The Morgan fingerprint density at radius 3 is 2.73 bits per heavy atom. The summed E-state index contributed by atoms with van der Waals surface area (Å²) in [5.41, 5.74) is 0.821. The number of aromatic nitrogens is 4. The first-order valence-corrected chi connectivity index (χ1v) is 10.5. The van der Waals surface area contributed by atoms with Gasteiger partial charge in [0, 0.05) is 17.8 Å². The van der Waals surface area contributed by atoms with Crippen LogP contribution in [0, 0.1) is 6.92 Å². The molecule has 2 heterocycles. The summed E-state index contributed by atoms with van der Waals surface area (Å²) < 4.78 is 6.72. The van der Waals surface area contributed by atoms with Crippen LogP contribution in [0.5, 0.6) is 0 Å². The number of nitrogens with one attached hydrogen (secondary N) is 2. The Morgan fingerprint density at radius 2 is 2.00 bits per heavy atom. The highest BCUT2D eigenvalue weighted by atomic mass is 32.2. The summed E-state index contributed by atoms with van der Waals surface area (Å²) in [6.45, 7) is 4.43. The Bertz CT molecular complexity index is 1120. The second kappa shape index (κ2) is 10.1. The first-order chi connectivity index (χ1) is 14.5. The first-order valence-electron chi connectivity index (χ1n) is 9.56. The molecular weight excluding hydrogens is 406 g/mol. The molecule has 0 bridgehead atoms. The van der Waals surface area contributed by atoms with Crippen molar-refractivity contribution in [1.82, 2.24) is 25.1 Å². The average molecular weight is 430 g/mol. The van der Waals surface area contributed by atoms with Gasteiger partial charge in [-0.3, -0.25) is 14.2 Å². The lowest BCUT2D eigenvalue weighted by atomic mass is 10.1. The third-order valence-electron chi connectivity index (χ3n) is 4.35. The van der Waals surface area contributed by atoms with Gasteiger partial charge in [0.1, 0.15) is 0 Å². The minimum Gasteiger partial charge on any atom is -0.416 e. The topological polar surface area (TPSA) is 123 Å². The first kappa shape index (κ1) is 21.6. The molecule has 0 unspecified atom stereocenters. The van der Waals surface area contributed by atoms with Gasteiger partial charge in [0.05, 0.1) is 18.7 Å². The van der Waals surface area contributed by atoms with Crippen molar-refractivity contribution in [3.05, 3.63) is 73.9 Å². The van der Waals surface area contributed by atoms with Crippen LogP contribution < -0.4 is 16.6 Å². The zero-order chi connectivity index (χ0) is 21.5. The Hall–Kier alpha value is -3.14. The molecule has 0 aliphatic heterocycles. The van der Waals surface area contributed by atoms with Gasteiger partial charge in [0.2, 0.25) is 11.8 Å². The van der Waals surface area contributed by atoms with Gasteiger partial charge in [0.25, 0.3) is 10.8 Å². The van der Waals surface area contributed by atoms with Crippen molar-refractivity contribution < 1.29 is 9.21 Å². The van der Waals surface area contributed by atoms with Crippen LogP contribution in [0.3, 0.4) is 0 Å². The summed E-state index contributed by atoms with van der Waals surface area (Å²) in [5, 5.41) is 10.9. The van der Waals surface area contributed by atoms with Crippen LogP contribution in [0.15, 0.2) is 49.6 Å². The van der Waals surface area contributed by atoms with Crippen LogP contribution >= 0.6 is 11.8 Å². The van der Waals surface area contributed by atoms with Gasteiger partial charge in [0.15, 0.2) is 0 Å². The second-order valence-corrected chi connectivity index (χ2v) is 7.61. The molecule has 3 rings (SSSR count). The fourth-order valence-corrected chi connectivity index (χ4v) is 3.41. The average Bonchev–Trinajstić information content (AvgIpc) is 3.19. The van der Waals surface area contributed by atoms with E-state index in [9.17, 15) is 14.4 Å². The number of aromatic amines is 1. The molecule has 0 aliphatic rings. The number of H-pyrrole nitrogens is 1. The van der Waals surface area contributed by atoms with Crippen molar-refractivity contribution in [2.24, 2.45) is 0 Å². The third-order valence-corrected chi connectivity index (χ3v) is 5.17. The van der Waals surface area contributed by atoms with Gasteiger partial charge in [-0.05, 0) is 18.9 Å². The van der Waals surface area contributed by atoms with Crippen molar-refractivity contribution in [1.29, 1.82) is 0 Å². The molecule has 2 aromatic heterocycles. The smallest absolute Gasteiger partial charge is 0.328 e. The van der Waals surface area contributed by atoms with Crippen LogP contribution in [0.4, 0.5) is 0 Å². The van der Waals surface area contributed by atoms with Crippen molar-refractivity contribution in [3.63, 3.8) is 0 Å². The fraction of sp³-hybridized carbons (Fsp3) is 0.350. The second-order valence-electron chi connectivity index (χ2n) is 6.69. The molecule has 0 saturated heterocycles. The van der Waals surface area contributed by atoms with Crippen molar-refractivity contribution in [2.75, 3.05) is 12.3 Å². The number of hydrogen-bond donors (Lipinski definition) is 2. The predicted octanol–water partition coefficient (Wildman–Crippen LogP) is 1.49. The van der Waals surface area contributed by atoms with Crippen LogP contribution in [-0.2, 0) is 17.8 Å². The molecule has 10 heteroatoms. The summed E-state index contributed by atoms with van der Waals surface area (Å²) in [6, 6.07) is 9.27. The summed E-state index contributed by atoms with van der Waals surface area (Å²) >= 11 is 1.13. The van der Waals surface area contributed by atoms with Gasteiger partial charge < -0.3 is 14.7 Å². The van der Waals surface area contributed by atoms with Crippen molar-refractivity contribution >= 4 is 17.7 Å². The van der Waals surface area contributed by atoms with Gasteiger partial charge >= 0.3 is 5.69 Å². The van der Waals surface area contributed by atoms with E-state index in [1.54, 1.807) is 6.92 Å². The van der Waals surface area contributed by atoms with E-state index in [2.05, 4.69) is 20.5 Å². The number of hydrogen-bond acceptors (Lipinski definition) is 7. The van der Waals surface area contributed by atoms with Crippen molar-refractivity contribution in [2.45, 2.75) is 38.5 Å². The zero-order valence-corrected chi connectivity index (χ0v) is 17.6. The number of carbonyl (C=O) groups excluding carboxylic acids is 1. The van der Waals surface area contributed by atoms with Crippen LogP contribution in [0.25, 0.3) is 0 Å². The van der Waals surface area contributed by atoms with E-state index in [0.29, 0.717) is 17.8 Å². The number of amides is 1. The summed E-state index contributed by atoms with van der Waals surface area (Å²) in [5.74, 6) is 0.301. The standard InChI is InChI=1S/C20H23N5O4S/c1-3-9-21-16(26)12-30-20-24-23-17(29-20)10-15-13(2)22-19(28)25(18(15)27)11-14-7-5-4-6-8-14/h4-8H,3,9-12H2,1-2H3,(H,21,26)(H,22,28). The lowest BCUT2D eigenvalue weighted by Gasteiger charge is -2.09. The quantitative estimate of drug-likeness (QED) is 0.494. The van der Waals surface area contributed by atoms with E-state index in [-0.39, 0.29) is 35.7 Å². The minimum atomic E-state index is -0.468. The van der Waals surface area contributed by atoms with Gasteiger partial charge in [-0.2, -0.15) is 0 Å². The molecule has 30 heavy (non-hydrogen) atoms. The molecule has 0 atom stereocenters. The Balaban J connectivity index is 1.75. The predicted molar refractivity (Wildman–Crippen MR) is 113 cm³/mol. The Kier molecular flexibility index (Phi) is 7.23. The summed E-state index contributed by atoms with van der Waals surface area (Å²) in [6.07, 6.45) is 0.952. The third kappa shape index (κ3) is 5.47. The molecule has 0 fully saturated rings. The normalized spacial score (nSPS) is 10.9. The number of rotatable bonds is 9. The maximum absolute atomic E-state index is 12.9. The maximum atomic E-state index is 12.9. The SMILES string of the molecule is CCCNC(=O)CSc1nnc(Cc2c(C)[nH]c(=O)n(Cc3ccccc3)c2=O)o1. The number of benzene rings is 1. The van der Waals surface area contributed by atoms with E-state index in [1.807, 2.05) is 37.3 Å². The van der Waals surface area contributed by atoms with Gasteiger partial charge in [-0.15, -0.1) is 10.2 Å². The minimum absolute atomic E-state index is 0.0891. The Labute approximate surface area is 176 Å². The molecule has 158 valence electrons. The van der Waals surface area contributed by atoms with E-state index >= 15 is 0 Å². The van der Waals surface area contributed by atoms with Crippen molar-refractivity contribution in [3.8, 4) is 0 Å². The molecule has 0 radical (unpaired) electrons. The highest BCUT2D eigenvalue weighted by molar-refractivity contribution is 7.99. The van der Waals surface area contributed by atoms with Crippen LogP contribution in [0.2, 0.25) is 0 Å². The van der Waals surface area contributed by atoms with E-state index in [4.69, 9.17) is 4.42 Å². The summed E-state index contributed by atoms with van der Waals surface area (Å²) in [4.78, 5) is 39.6. The largest absolute Gasteiger partial charge is 0.416 e. The molecule has 9 nitrogen and oxygen atoms in total. The van der Waals surface area contributed by atoms with E-state index in [1.165, 1.54) is 0 Å². The lowest BCUT2D eigenvalue weighted by Crippen LogP contribution is -2.38. The number of aryl methyl sites for hydroxylation is 1. The van der Waals surface area contributed by atoms with Gasteiger partial charge in [-0.1, -0.05) is 49.0 Å². The van der Waals surface area contributed by atoms with E-state index < -0.39 is 11.2 Å². The molecule has 2 N–H and O–H groups in total.